The fourth-order valence-corrected chi connectivity index (χ4v) is 3.26. The van der Waals surface area contributed by atoms with E-state index in [0.717, 1.165) is 38.8 Å². The maximum atomic E-state index is 12.5. The predicted octanol–water partition coefficient (Wildman–Crippen LogP) is 4.19. The van der Waals surface area contributed by atoms with E-state index in [9.17, 15) is 9.59 Å². The quantitative estimate of drug-likeness (QED) is 0.849. The molecule has 0 aromatic heterocycles. The second-order valence-electron chi connectivity index (χ2n) is 6.97. The van der Waals surface area contributed by atoms with Crippen LogP contribution in [0.1, 0.15) is 47.2 Å². The number of rotatable bonds is 6. The molecule has 1 saturated heterocycles. The summed E-state index contributed by atoms with van der Waals surface area (Å²) >= 11 is 0. The third-order valence-corrected chi connectivity index (χ3v) is 4.78. The molecule has 136 valence electrons. The van der Waals surface area contributed by atoms with Crippen molar-refractivity contribution in [1.82, 2.24) is 4.90 Å². The molecule has 4 heteroatoms. The van der Waals surface area contributed by atoms with E-state index in [1.165, 1.54) is 11.1 Å². The normalized spacial score (nSPS) is 13.7. The van der Waals surface area contributed by atoms with Crippen LogP contribution in [0.4, 0.5) is 5.69 Å². The molecule has 0 atom stereocenters. The van der Waals surface area contributed by atoms with Gasteiger partial charge in [-0.2, -0.15) is 0 Å². The number of hydrogen-bond donors (Lipinski definition) is 1. The van der Waals surface area contributed by atoms with E-state index in [4.69, 9.17) is 0 Å². The van der Waals surface area contributed by atoms with Gasteiger partial charge in [0, 0.05) is 30.8 Å². The Kier molecular flexibility index (Phi) is 6.05. The number of anilines is 1. The van der Waals surface area contributed by atoms with Gasteiger partial charge in [-0.1, -0.05) is 35.9 Å². The first-order valence-electron chi connectivity index (χ1n) is 9.36. The van der Waals surface area contributed by atoms with E-state index in [0.29, 0.717) is 17.7 Å². The molecule has 2 aromatic rings. The lowest BCUT2D eigenvalue weighted by Crippen LogP contribution is -2.27. The van der Waals surface area contributed by atoms with E-state index in [1.807, 2.05) is 23.1 Å². The van der Waals surface area contributed by atoms with Gasteiger partial charge >= 0.3 is 0 Å². The van der Waals surface area contributed by atoms with Gasteiger partial charge in [0.1, 0.15) is 0 Å². The smallest absolute Gasteiger partial charge is 0.253 e. The number of nitrogens with zero attached hydrogens (tertiary/aromatic N) is 1. The maximum absolute atomic E-state index is 12.5. The van der Waals surface area contributed by atoms with Crippen LogP contribution < -0.4 is 5.32 Å². The zero-order chi connectivity index (χ0) is 18.4. The fourth-order valence-electron chi connectivity index (χ4n) is 3.26. The summed E-state index contributed by atoms with van der Waals surface area (Å²) in [6.45, 7) is 3.72. The van der Waals surface area contributed by atoms with Crippen molar-refractivity contribution in [2.24, 2.45) is 0 Å². The summed E-state index contributed by atoms with van der Waals surface area (Å²) < 4.78 is 0. The Morgan fingerprint density at radius 1 is 1.04 bits per heavy atom. The molecular weight excluding hydrogens is 324 g/mol. The van der Waals surface area contributed by atoms with Crippen molar-refractivity contribution in [1.29, 1.82) is 0 Å². The number of aryl methyl sites for hydroxylation is 2. The molecule has 0 spiro atoms. The molecule has 2 amide bonds. The van der Waals surface area contributed by atoms with E-state index < -0.39 is 0 Å². The molecule has 26 heavy (non-hydrogen) atoms. The number of amides is 2. The van der Waals surface area contributed by atoms with Gasteiger partial charge in [-0.15, -0.1) is 0 Å². The second-order valence-corrected chi connectivity index (χ2v) is 6.97. The number of nitrogens with one attached hydrogen (secondary N) is 1. The van der Waals surface area contributed by atoms with Crippen molar-refractivity contribution in [3.05, 3.63) is 65.2 Å². The van der Waals surface area contributed by atoms with Crippen LogP contribution in [0.5, 0.6) is 0 Å². The summed E-state index contributed by atoms with van der Waals surface area (Å²) in [5.74, 6) is 0.0425. The molecule has 0 radical (unpaired) electrons. The SMILES string of the molecule is Cc1ccc(CCCC(=O)Nc2cccc(C(=O)N3CCCC3)c2)cc1. The van der Waals surface area contributed by atoms with Crippen molar-refractivity contribution < 1.29 is 9.59 Å². The topological polar surface area (TPSA) is 49.4 Å². The highest BCUT2D eigenvalue weighted by Crippen LogP contribution is 2.17. The molecule has 2 aromatic carbocycles. The second kappa shape index (κ2) is 8.65. The van der Waals surface area contributed by atoms with Gasteiger partial charge in [0.15, 0.2) is 0 Å². The largest absolute Gasteiger partial charge is 0.339 e. The molecule has 0 aliphatic carbocycles. The third-order valence-electron chi connectivity index (χ3n) is 4.78. The van der Waals surface area contributed by atoms with Crippen LogP contribution in [0.3, 0.4) is 0 Å². The highest BCUT2D eigenvalue weighted by atomic mass is 16.2. The third kappa shape index (κ3) is 4.94. The van der Waals surface area contributed by atoms with E-state index in [2.05, 4.69) is 36.5 Å². The number of benzene rings is 2. The molecule has 0 saturated carbocycles. The first kappa shape index (κ1) is 18.2. The van der Waals surface area contributed by atoms with Gasteiger partial charge < -0.3 is 10.2 Å². The van der Waals surface area contributed by atoms with Gasteiger partial charge in [-0.25, -0.2) is 0 Å². The van der Waals surface area contributed by atoms with Gasteiger partial charge in [0.25, 0.3) is 5.91 Å². The highest BCUT2D eigenvalue weighted by Gasteiger charge is 2.19. The standard InChI is InChI=1S/C22H26N2O2/c1-17-10-12-18(13-11-17)6-4-9-21(25)23-20-8-5-7-19(16-20)22(26)24-14-2-3-15-24/h5,7-8,10-13,16H,2-4,6,9,14-15H2,1H3,(H,23,25). The minimum atomic E-state index is -0.0112. The van der Waals surface area contributed by atoms with Crippen LogP contribution in [0.2, 0.25) is 0 Å². The molecule has 1 aliphatic heterocycles. The van der Waals surface area contributed by atoms with Crippen LogP contribution in [0.25, 0.3) is 0 Å². The van der Waals surface area contributed by atoms with Crippen LogP contribution in [0, 0.1) is 6.92 Å². The van der Waals surface area contributed by atoms with E-state index in [1.54, 1.807) is 6.07 Å². The maximum Gasteiger partial charge on any atom is 0.253 e. The predicted molar refractivity (Wildman–Crippen MR) is 104 cm³/mol. The van der Waals surface area contributed by atoms with Gasteiger partial charge in [-0.05, 0) is 56.4 Å². The lowest BCUT2D eigenvalue weighted by atomic mass is 10.1. The Labute approximate surface area is 155 Å². The Morgan fingerprint density at radius 3 is 2.50 bits per heavy atom. The number of hydrogen-bond acceptors (Lipinski definition) is 2. The molecule has 0 bridgehead atoms. The average Bonchev–Trinajstić information content (AvgIpc) is 3.18. The Bertz CT molecular complexity index is 762. The summed E-state index contributed by atoms with van der Waals surface area (Å²) in [6.07, 6.45) is 4.31. The summed E-state index contributed by atoms with van der Waals surface area (Å²) in [5.41, 5.74) is 3.83. The lowest BCUT2D eigenvalue weighted by molar-refractivity contribution is -0.116. The monoisotopic (exact) mass is 350 g/mol. The number of carbonyl (C=O) groups excluding carboxylic acids is 2. The van der Waals surface area contributed by atoms with Gasteiger partial charge in [0.05, 0.1) is 0 Å². The minimum Gasteiger partial charge on any atom is -0.339 e. The molecule has 4 nitrogen and oxygen atoms in total. The molecule has 1 fully saturated rings. The molecular formula is C22H26N2O2. The van der Waals surface area contributed by atoms with E-state index in [-0.39, 0.29) is 11.8 Å². The molecule has 1 heterocycles. The van der Waals surface area contributed by atoms with Crippen molar-refractivity contribution in [2.45, 2.75) is 39.0 Å². The molecule has 0 unspecified atom stereocenters. The Balaban J connectivity index is 1.50. The molecule has 3 rings (SSSR count). The van der Waals surface area contributed by atoms with Crippen molar-refractivity contribution >= 4 is 17.5 Å². The van der Waals surface area contributed by atoms with E-state index >= 15 is 0 Å². The van der Waals surface area contributed by atoms with Gasteiger partial charge in [-0.3, -0.25) is 9.59 Å². The van der Waals surface area contributed by atoms with Crippen LogP contribution in [0.15, 0.2) is 48.5 Å². The van der Waals surface area contributed by atoms with Crippen molar-refractivity contribution in [2.75, 3.05) is 18.4 Å². The Hall–Kier alpha value is -2.62. The number of carbonyl (C=O) groups is 2. The van der Waals surface area contributed by atoms with Gasteiger partial charge in [0.2, 0.25) is 5.91 Å². The van der Waals surface area contributed by atoms with Crippen LogP contribution >= 0.6 is 0 Å². The van der Waals surface area contributed by atoms with Crippen molar-refractivity contribution in [3.63, 3.8) is 0 Å². The average molecular weight is 350 g/mol. The zero-order valence-electron chi connectivity index (χ0n) is 15.3. The number of likely N-dealkylation sites (tertiary alicyclic amines) is 1. The molecule has 1 aliphatic rings. The summed E-state index contributed by atoms with van der Waals surface area (Å²) in [4.78, 5) is 26.5. The fraction of sp³-hybridized carbons (Fsp3) is 0.364. The highest BCUT2D eigenvalue weighted by molar-refractivity contribution is 5.97. The van der Waals surface area contributed by atoms with Crippen LogP contribution in [-0.2, 0) is 11.2 Å². The van der Waals surface area contributed by atoms with Crippen LogP contribution in [-0.4, -0.2) is 29.8 Å². The summed E-state index contributed by atoms with van der Waals surface area (Å²) in [5, 5.41) is 2.91. The lowest BCUT2D eigenvalue weighted by Gasteiger charge is -2.15. The summed E-state index contributed by atoms with van der Waals surface area (Å²) in [6, 6.07) is 15.7. The minimum absolute atomic E-state index is 0.0112. The first-order chi connectivity index (χ1) is 12.6. The Morgan fingerprint density at radius 2 is 1.77 bits per heavy atom. The molecule has 1 N–H and O–H groups in total. The zero-order valence-corrected chi connectivity index (χ0v) is 15.3. The summed E-state index contributed by atoms with van der Waals surface area (Å²) in [7, 11) is 0. The van der Waals surface area contributed by atoms with Crippen molar-refractivity contribution in [3.8, 4) is 0 Å². The first-order valence-corrected chi connectivity index (χ1v) is 9.36.